The average molecular weight is 490 g/mol. The zero-order valence-electron chi connectivity index (χ0n) is 21.1. The summed E-state index contributed by atoms with van der Waals surface area (Å²) in [5.41, 5.74) is 5.85. The first-order valence-corrected chi connectivity index (χ1v) is 12.9. The van der Waals surface area contributed by atoms with Crippen molar-refractivity contribution in [1.29, 1.82) is 0 Å². The van der Waals surface area contributed by atoms with E-state index < -0.39 is 0 Å². The van der Waals surface area contributed by atoms with Crippen LogP contribution in [-0.2, 0) is 13.2 Å². The highest BCUT2D eigenvalue weighted by Crippen LogP contribution is 2.35. The molecule has 1 fully saturated rings. The van der Waals surface area contributed by atoms with E-state index in [1.54, 1.807) is 7.11 Å². The van der Waals surface area contributed by atoms with Gasteiger partial charge in [-0.05, 0) is 77.9 Å². The zero-order chi connectivity index (χ0) is 25.0. The van der Waals surface area contributed by atoms with Gasteiger partial charge in [0.15, 0.2) is 0 Å². The molecule has 0 aliphatic heterocycles. The molecule has 37 heavy (non-hydrogen) atoms. The Morgan fingerprint density at radius 3 is 2.30 bits per heavy atom. The summed E-state index contributed by atoms with van der Waals surface area (Å²) in [4.78, 5) is 0. The second-order valence-electron chi connectivity index (χ2n) is 9.75. The summed E-state index contributed by atoms with van der Waals surface area (Å²) in [6.45, 7) is 2.11. The van der Waals surface area contributed by atoms with Crippen molar-refractivity contribution in [2.45, 2.75) is 26.0 Å². The van der Waals surface area contributed by atoms with Crippen LogP contribution in [0.15, 0.2) is 103 Å². The molecular formula is C33H31NO3. The van der Waals surface area contributed by atoms with Crippen LogP contribution < -0.4 is 14.2 Å². The van der Waals surface area contributed by atoms with Crippen LogP contribution >= 0.6 is 0 Å². The highest BCUT2D eigenvalue weighted by Gasteiger charge is 2.22. The van der Waals surface area contributed by atoms with E-state index in [0.717, 1.165) is 47.4 Å². The van der Waals surface area contributed by atoms with Gasteiger partial charge in [0.05, 0.1) is 13.7 Å². The van der Waals surface area contributed by atoms with Gasteiger partial charge in [0.2, 0.25) is 0 Å². The summed E-state index contributed by atoms with van der Waals surface area (Å²) < 4.78 is 19.9. The smallest absolute Gasteiger partial charge is 0.120 e. The lowest BCUT2D eigenvalue weighted by molar-refractivity contribution is 0.300. The maximum absolute atomic E-state index is 6.18. The number of ether oxygens (including phenoxy) is 3. The van der Waals surface area contributed by atoms with Crippen molar-refractivity contribution in [3.05, 3.63) is 114 Å². The van der Waals surface area contributed by atoms with E-state index in [1.807, 2.05) is 30.3 Å². The maximum Gasteiger partial charge on any atom is 0.120 e. The Labute approximate surface area is 218 Å². The lowest BCUT2D eigenvalue weighted by Gasteiger charge is -2.09. The van der Waals surface area contributed by atoms with E-state index in [2.05, 4.69) is 77.5 Å². The van der Waals surface area contributed by atoms with Crippen molar-refractivity contribution in [1.82, 2.24) is 4.57 Å². The number of benzene rings is 4. The molecule has 0 spiro atoms. The molecule has 1 aliphatic rings. The molecule has 186 valence electrons. The van der Waals surface area contributed by atoms with E-state index >= 15 is 0 Å². The molecule has 0 bridgehead atoms. The molecule has 1 aromatic heterocycles. The number of nitrogens with zero attached hydrogens (tertiary/aromatic N) is 1. The van der Waals surface area contributed by atoms with Crippen molar-refractivity contribution >= 4 is 10.9 Å². The molecule has 0 N–H and O–H groups in total. The number of fused-ring (bicyclic) bond motifs is 1. The highest BCUT2D eigenvalue weighted by atomic mass is 16.5. The first-order chi connectivity index (χ1) is 18.2. The molecule has 6 rings (SSSR count). The lowest BCUT2D eigenvalue weighted by atomic mass is 10.0. The van der Waals surface area contributed by atoms with Gasteiger partial charge >= 0.3 is 0 Å². The molecule has 0 atom stereocenters. The number of hydrogen-bond acceptors (Lipinski definition) is 3. The Hall–Kier alpha value is -4.18. The van der Waals surface area contributed by atoms with Gasteiger partial charge in [-0.25, -0.2) is 0 Å². The minimum atomic E-state index is 0.541. The van der Waals surface area contributed by atoms with Crippen molar-refractivity contribution in [3.8, 4) is 28.4 Å². The van der Waals surface area contributed by atoms with Gasteiger partial charge in [-0.2, -0.15) is 0 Å². The summed E-state index contributed by atoms with van der Waals surface area (Å²) in [6, 6.07) is 33.4. The minimum absolute atomic E-state index is 0.541. The topological polar surface area (TPSA) is 32.6 Å². The monoisotopic (exact) mass is 489 g/mol. The Balaban J connectivity index is 1.33. The van der Waals surface area contributed by atoms with E-state index in [-0.39, 0.29) is 0 Å². The van der Waals surface area contributed by atoms with E-state index in [9.17, 15) is 0 Å². The van der Waals surface area contributed by atoms with E-state index in [4.69, 9.17) is 14.2 Å². The maximum atomic E-state index is 6.18. The van der Waals surface area contributed by atoms with Crippen molar-refractivity contribution in [2.75, 3.05) is 13.7 Å². The molecule has 5 aromatic rings. The summed E-state index contributed by atoms with van der Waals surface area (Å²) in [6.07, 6.45) is 4.82. The lowest BCUT2D eigenvalue weighted by Crippen LogP contribution is -1.99. The highest BCUT2D eigenvalue weighted by molar-refractivity contribution is 5.97. The van der Waals surface area contributed by atoms with Gasteiger partial charge in [0.25, 0.3) is 0 Å². The first-order valence-electron chi connectivity index (χ1n) is 12.9. The molecule has 4 heteroatoms. The third-order valence-corrected chi connectivity index (χ3v) is 6.94. The molecule has 1 heterocycles. The standard InChI is InChI=1S/C33H31NO3/c1-35-29-9-5-8-26(18-29)20-34-21-32(27-12-14-28(15-13-27)36-23-25-10-11-25)31-19-30(16-17-33(31)34)37-22-24-6-3-2-4-7-24/h2-9,12-19,21,25H,10-11,20,22-23H2,1H3. The summed E-state index contributed by atoms with van der Waals surface area (Å²) in [5.74, 6) is 3.40. The van der Waals surface area contributed by atoms with Crippen LogP contribution in [0.2, 0.25) is 0 Å². The Morgan fingerprint density at radius 1 is 0.730 bits per heavy atom. The minimum Gasteiger partial charge on any atom is -0.497 e. The largest absolute Gasteiger partial charge is 0.497 e. The normalized spacial score (nSPS) is 13.0. The van der Waals surface area contributed by atoms with Crippen LogP contribution in [0.25, 0.3) is 22.0 Å². The summed E-state index contributed by atoms with van der Waals surface area (Å²) >= 11 is 0. The van der Waals surface area contributed by atoms with Gasteiger partial charge in [-0.1, -0.05) is 54.6 Å². The molecule has 0 saturated heterocycles. The van der Waals surface area contributed by atoms with Crippen molar-refractivity contribution < 1.29 is 14.2 Å². The van der Waals surface area contributed by atoms with Crippen LogP contribution in [0.3, 0.4) is 0 Å². The first kappa shape index (κ1) is 23.2. The van der Waals surface area contributed by atoms with Crippen LogP contribution in [0.4, 0.5) is 0 Å². The van der Waals surface area contributed by atoms with Gasteiger partial charge < -0.3 is 18.8 Å². The molecule has 0 amide bonds. The average Bonchev–Trinajstić information content (AvgIpc) is 3.72. The molecule has 1 saturated carbocycles. The van der Waals surface area contributed by atoms with Crippen molar-refractivity contribution in [3.63, 3.8) is 0 Å². The third-order valence-electron chi connectivity index (χ3n) is 6.94. The summed E-state index contributed by atoms with van der Waals surface area (Å²) in [7, 11) is 1.71. The molecule has 4 nitrogen and oxygen atoms in total. The molecule has 4 aromatic carbocycles. The zero-order valence-corrected chi connectivity index (χ0v) is 21.1. The number of rotatable bonds is 10. The molecule has 1 aliphatic carbocycles. The Bertz CT molecular complexity index is 1480. The second kappa shape index (κ2) is 10.4. The van der Waals surface area contributed by atoms with E-state index in [0.29, 0.717) is 6.61 Å². The van der Waals surface area contributed by atoms with Crippen LogP contribution in [0, 0.1) is 5.92 Å². The Morgan fingerprint density at radius 2 is 1.51 bits per heavy atom. The molecular weight excluding hydrogens is 458 g/mol. The SMILES string of the molecule is COc1cccc(Cn2cc(-c3ccc(OCC4CC4)cc3)c3cc(OCc4ccccc4)ccc32)c1. The van der Waals surface area contributed by atoms with Gasteiger partial charge in [0, 0.05) is 29.2 Å². The predicted molar refractivity (Wildman–Crippen MR) is 148 cm³/mol. The predicted octanol–water partition coefficient (Wildman–Crippen LogP) is 7.73. The number of hydrogen-bond donors (Lipinski definition) is 0. The second-order valence-corrected chi connectivity index (χ2v) is 9.75. The van der Waals surface area contributed by atoms with E-state index in [1.165, 1.54) is 34.9 Å². The van der Waals surface area contributed by atoms with Gasteiger partial charge in [-0.3, -0.25) is 0 Å². The van der Waals surface area contributed by atoms with Crippen LogP contribution in [0.5, 0.6) is 17.2 Å². The number of methoxy groups -OCH3 is 1. The third kappa shape index (κ3) is 5.49. The van der Waals surface area contributed by atoms with Gasteiger partial charge in [0.1, 0.15) is 23.9 Å². The molecule has 0 radical (unpaired) electrons. The fourth-order valence-electron chi connectivity index (χ4n) is 4.66. The fourth-order valence-corrected chi connectivity index (χ4v) is 4.66. The quantitative estimate of drug-likeness (QED) is 0.201. The Kier molecular flexibility index (Phi) is 6.55. The fraction of sp³-hybridized carbons (Fsp3) is 0.212. The van der Waals surface area contributed by atoms with Gasteiger partial charge in [-0.15, -0.1) is 0 Å². The van der Waals surface area contributed by atoms with Crippen LogP contribution in [-0.4, -0.2) is 18.3 Å². The van der Waals surface area contributed by atoms with Crippen molar-refractivity contribution in [2.24, 2.45) is 5.92 Å². The molecule has 0 unspecified atom stereocenters. The number of aromatic nitrogens is 1. The van der Waals surface area contributed by atoms with Crippen LogP contribution in [0.1, 0.15) is 24.0 Å². The summed E-state index contributed by atoms with van der Waals surface area (Å²) in [5, 5.41) is 1.17.